The molecule has 0 radical (unpaired) electrons. The van der Waals surface area contributed by atoms with E-state index >= 15 is 0 Å². The fourth-order valence-corrected chi connectivity index (χ4v) is 5.20. The van der Waals surface area contributed by atoms with Gasteiger partial charge in [0.25, 0.3) is 0 Å². The molecule has 1 aliphatic heterocycles. The number of imidazole rings is 1. The van der Waals surface area contributed by atoms with Crippen LogP contribution in [0.25, 0.3) is 11.2 Å². The molecule has 2 aliphatic rings. The molecule has 5 rings (SSSR count). The van der Waals surface area contributed by atoms with Gasteiger partial charge in [-0.2, -0.15) is 9.97 Å². The molecule has 1 aromatic carbocycles. The number of fused-ring (bicyclic) bond motifs is 1. The normalized spacial score (nSPS) is 16.7. The van der Waals surface area contributed by atoms with Crippen molar-refractivity contribution in [3.63, 3.8) is 0 Å². The molecule has 1 saturated carbocycles. The van der Waals surface area contributed by atoms with Crippen LogP contribution in [0.4, 0.5) is 11.8 Å². The van der Waals surface area contributed by atoms with Crippen molar-refractivity contribution in [3.8, 4) is 0 Å². The van der Waals surface area contributed by atoms with Crippen molar-refractivity contribution in [2.45, 2.75) is 45.1 Å². The molecule has 2 fully saturated rings. The van der Waals surface area contributed by atoms with Crippen LogP contribution >= 0.6 is 0 Å². The highest BCUT2D eigenvalue weighted by molar-refractivity contribution is 5.84. The van der Waals surface area contributed by atoms with Crippen LogP contribution < -0.4 is 10.2 Å². The van der Waals surface area contributed by atoms with Crippen molar-refractivity contribution in [1.82, 2.24) is 24.4 Å². The van der Waals surface area contributed by atoms with E-state index in [-0.39, 0.29) is 0 Å². The lowest BCUT2D eigenvalue weighted by Crippen LogP contribution is -2.49. The minimum atomic E-state index is 0.294. The number of benzene rings is 1. The Balaban J connectivity index is 1.30. The molecule has 0 bridgehead atoms. The van der Waals surface area contributed by atoms with Crippen molar-refractivity contribution in [2.75, 3.05) is 42.9 Å². The van der Waals surface area contributed by atoms with E-state index in [1.165, 1.54) is 31.2 Å². The van der Waals surface area contributed by atoms with Crippen molar-refractivity contribution < 1.29 is 4.79 Å². The summed E-state index contributed by atoms with van der Waals surface area (Å²) in [6.45, 7) is 7.99. The molecule has 3 heterocycles. The maximum atomic E-state index is 12.8. The number of nitrogens with zero attached hydrogens (tertiary/aromatic N) is 6. The summed E-state index contributed by atoms with van der Waals surface area (Å²) >= 11 is 0. The minimum Gasteiger partial charge on any atom is -0.365 e. The Morgan fingerprint density at radius 1 is 1.09 bits per heavy atom. The largest absolute Gasteiger partial charge is 0.365 e. The second kappa shape index (κ2) is 10.9. The molecular formula is C27H35N7O. The molecule has 1 amide bonds. The summed E-state index contributed by atoms with van der Waals surface area (Å²) in [5.74, 6) is 2.44. The van der Waals surface area contributed by atoms with E-state index in [4.69, 9.17) is 9.97 Å². The second-order valence-corrected chi connectivity index (χ2v) is 9.63. The lowest BCUT2D eigenvalue weighted by Gasteiger charge is -2.35. The Bertz CT molecular complexity index is 1150. The Morgan fingerprint density at radius 3 is 2.60 bits per heavy atom. The van der Waals surface area contributed by atoms with Gasteiger partial charge in [-0.25, -0.2) is 4.98 Å². The van der Waals surface area contributed by atoms with Crippen LogP contribution in [0.5, 0.6) is 0 Å². The standard InChI is InChI=1S/C27H35N7O/c1-2-14-28-25-24-26(34(20-29-24)19-22-10-4-3-5-11-22)31-27(30-25)33-17-15-32(16-18-33)23(35)13-12-21-8-6-7-9-21/h2-5,10-11,20-21H,1,6-9,12-19H2,(H,28,30,31). The first-order valence-corrected chi connectivity index (χ1v) is 12.9. The van der Waals surface area contributed by atoms with Crippen LogP contribution in [0.1, 0.15) is 44.1 Å². The summed E-state index contributed by atoms with van der Waals surface area (Å²) in [6, 6.07) is 10.3. The predicted molar refractivity (Wildman–Crippen MR) is 140 cm³/mol. The fraction of sp³-hybridized carbons (Fsp3) is 0.481. The smallest absolute Gasteiger partial charge is 0.229 e. The molecule has 184 valence electrons. The third-order valence-electron chi connectivity index (χ3n) is 7.22. The van der Waals surface area contributed by atoms with Crippen molar-refractivity contribution in [2.24, 2.45) is 5.92 Å². The molecule has 35 heavy (non-hydrogen) atoms. The molecule has 8 heteroatoms. The molecule has 1 aliphatic carbocycles. The number of hydrogen-bond acceptors (Lipinski definition) is 6. The van der Waals surface area contributed by atoms with Gasteiger partial charge in [0.15, 0.2) is 17.0 Å². The molecule has 8 nitrogen and oxygen atoms in total. The van der Waals surface area contributed by atoms with E-state index in [1.807, 2.05) is 35.5 Å². The quantitative estimate of drug-likeness (QED) is 0.472. The summed E-state index contributed by atoms with van der Waals surface area (Å²) in [7, 11) is 0. The maximum absolute atomic E-state index is 12.8. The number of anilines is 2. The van der Waals surface area contributed by atoms with Gasteiger partial charge in [0.05, 0.1) is 12.9 Å². The highest BCUT2D eigenvalue weighted by Gasteiger charge is 2.25. The highest BCUT2D eigenvalue weighted by Crippen LogP contribution is 2.29. The third kappa shape index (κ3) is 5.47. The van der Waals surface area contributed by atoms with Crippen LogP contribution in [0, 0.1) is 5.92 Å². The molecule has 1 N–H and O–H groups in total. The van der Waals surface area contributed by atoms with Gasteiger partial charge in [-0.15, -0.1) is 6.58 Å². The predicted octanol–water partition coefficient (Wildman–Crippen LogP) is 4.09. The number of aromatic nitrogens is 4. The van der Waals surface area contributed by atoms with E-state index in [9.17, 15) is 4.79 Å². The zero-order valence-electron chi connectivity index (χ0n) is 20.4. The first-order chi connectivity index (χ1) is 17.2. The first kappa shape index (κ1) is 23.3. The summed E-state index contributed by atoms with van der Waals surface area (Å²) in [4.78, 5) is 31.3. The minimum absolute atomic E-state index is 0.294. The van der Waals surface area contributed by atoms with Gasteiger partial charge < -0.3 is 19.7 Å². The van der Waals surface area contributed by atoms with Gasteiger partial charge >= 0.3 is 0 Å². The van der Waals surface area contributed by atoms with Gasteiger partial charge in [-0.3, -0.25) is 4.79 Å². The number of nitrogens with one attached hydrogen (secondary N) is 1. The van der Waals surface area contributed by atoms with Crippen LogP contribution in [0.2, 0.25) is 0 Å². The molecular weight excluding hydrogens is 438 g/mol. The average molecular weight is 474 g/mol. The zero-order valence-corrected chi connectivity index (χ0v) is 20.4. The summed E-state index contributed by atoms with van der Waals surface area (Å²) < 4.78 is 2.07. The second-order valence-electron chi connectivity index (χ2n) is 9.63. The van der Waals surface area contributed by atoms with Gasteiger partial charge in [-0.1, -0.05) is 62.1 Å². The number of carbonyl (C=O) groups excluding carboxylic acids is 1. The van der Waals surface area contributed by atoms with E-state index < -0.39 is 0 Å². The molecule has 1 saturated heterocycles. The van der Waals surface area contributed by atoms with Crippen molar-refractivity contribution in [3.05, 3.63) is 54.9 Å². The van der Waals surface area contributed by atoms with Crippen LogP contribution in [0.15, 0.2) is 49.3 Å². The summed E-state index contributed by atoms with van der Waals surface area (Å²) in [6.07, 6.45) is 10.6. The Labute approximate surface area is 207 Å². The molecule has 3 aromatic rings. The third-order valence-corrected chi connectivity index (χ3v) is 7.22. The van der Waals surface area contributed by atoms with E-state index in [1.54, 1.807) is 0 Å². The number of rotatable bonds is 9. The summed E-state index contributed by atoms with van der Waals surface area (Å²) in [5.41, 5.74) is 2.75. The number of piperazine rings is 1. The maximum Gasteiger partial charge on any atom is 0.229 e. The average Bonchev–Trinajstić information content (AvgIpc) is 3.57. The monoisotopic (exact) mass is 473 g/mol. The molecule has 0 spiro atoms. The lowest BCUT2D eigenvalue weighted by atomic mass is 10.0. The number of carbonyl (C=O) groups is 1. The Hall–Kier alpha value is -3.42. The Kier molecular flexibility index (Phi) is 7.25. The highest BCUT2D eigenvalue weighted by atomic mass is 16.2. The molecule has 0 unspecified atom stereocenters. The van der Waals surface area contributed by atoms with Gasteiger partial charge in [0, 0.05) is 39.1 Å². The van der Waals surface area contributed by atoms with Crippen LogP contribution in [-0.4, -0.2) is 63.0 Å². The van der Waals surface area contributed by atoms with Gasteiger partial charge in [-0.05, 0) is 17.9 Å². The fourth-order valence-electron chi connectivity index (χ4n) is 5.20. The first-order valence-electron chi connectivity index (χ1n) is 12.9. The van der Waals surface area contributed by atoms with Crippen LogP contribution in [-0.2, 0) is 11.3 Å². The zero-order chi connectivity index (χ0) is 24.0. The topological polar surface area (TPSA) is 79.2 Å². The molecule has 2 aromatic heterocycles. The summed E-state index contributed by atoms with van der Waals surface area (Å²) in [5, 5.41) is 3.33. The lowest BCUT2D eigenvalue weighted by molar-refractivity contribution is -0.131. The van der Waals surface area contributed by atoms with E-state index in [2.05, 4.69) is 38.5 Å². The molecule has 0 atom stereocenters. The van der Waals surface area contributed by atoms with Crippen molar-refractivity contribution in [1.29, 1.82) is 0 Å². The van der Waals surface area contributed by atoms with E-state index in [0.29, 0.717) is 50.3 Å². The Morgan fingerprint density at radius 2 is 1.86 bits per heavy atom. The SMILES string of the molecule is C=CCNc1nc(N2CCN(C(=O)CCC3CCCC3)CC2)nc2c1ncn2Cc1ccccc1. The van der Waals surface area contributed by atoms with Gasteiger partial charge in [0.1, 0.15) is 0 Å². The number of amides is 1. The van der Waals surface area contributed by atoms with Crippen LogP contribution in [0.3, 0.4) is 0 Å². The van der Waals surface area contributed by atoms with Crippen molar-refractivity contribution >= 4 is 28.8 Å². The van der Waals surface area contributed by atoms with E-state index in [0.717, 1.165) is 36.6 Å². The number of hydrogen-bond donors (Lipinski definition) is 1. The van der Waals surface area contributed by atoms with Gasteiger partial charge in [0.2, 0.25) is 11.9 Å².